The fourth-order valence-corrected chi connectivity index (χ4v) is 5.59. The van der Waals surface area contributed by atoms with Gasteiger partial charge in [-0.3, -0.25) is 18.8 Å². The van der Waals surface area contributed by atoms with Crippen LogP contribution in [0.4, 0.5) is 19.0 Å². The lowest BCUT2D eigenvalue weighted by molar-refractivity contribution is -0.139. The second kappa shape index (κ2) is 9.55. The average Bonchev–Trinajstić information content (AvgIpc) is 2.78. The highest BCUT2D eigenvalue weighted by Crippen LogP contribution is 2.35. The number of sulfonamides is 1. The molecular formula is C21H28F3N5O4S. The number of rotatable bonds is 6. The zero-order chi connectivity index (χ0) is 25.4. The van der Waals surface area contributed by atoms with Gasteiger partial charge in [0.2, 0.25) is 10.0 Å². The van der Waals surface area contributed by atoms with Crippen LogP contribution < -0.4 is 17.0 Å². The molecule has 2 N–H and O–H groups in total. The third kappa shape index (κ3) is 5.05. The third-order valence-corrected chi connectivity index (χ3v) is 7.71. The first-order valence-corrected chi connectivity index (χ1v) is 12.2. The predicted molar refractivity (Wildman–Crippen MR) is 121 cm³/mol. The summed E-state index contributed by atoms with van der Waals surface area (Å²) in [5.74, 6) is 0.176. The second-order valence-corrected chi connectivity index (χ2v) is 10.6. The molecule has 1 saturated heterocycles. The molecule has 2 heterocycles. The molecule has 3 rings (SSSR count). The minimum Gasteiger partial charge on any atom is -0.385 e. The van der Waals surface area contributed by atoms with Gasteiger partial charge in [0.15, 0.2) is 0 Å². The average molecular weight is 504 g/mol. The van der Waals surface area contributed by atoms with Gasteiger partial charge in [-0.25, -0.2) is 13.2 Å². The topological polar surface area (TPSA) is 111 Å². The van der Waals surface area contributed by atoms with Gasteiger partial charge in [0.05, 0.1) is 16.0 Å². The van der Waals surface area contributed by atoms with Crippen molar-refractivity contribution in [2.75, 3.05) is 31.9 Å². The van der Waals surface area contributed by atoms with E-state index in [-0.39, 0.29) is 50.0 Å². The number of nitrogen functional groups attached to an aromatic ring is 1. The molecule has 188 valence electrons. The molecule has 1 fully saturated rings. The number of hydrogen-bond donors (Lipinski definition) is 1. The Kier molecular flexibility index (Phi) is 7.29. The van der Waals surface area contributed by atoms with E-state index < -0.39 is 37.9 Å². The summed E-state index contributed by atoms with van der Waals surface area (Å²) in [6, 6.07) is 4.09. The predicted octanol–water partition coefficient (Wildman–Crippen LogP) is 1.31. The molecule has 9 nitrogen and oxygen atoms in total. The van der Waals surface area contributed by atoms with Crippen molar-refractivity contribution in [3.63, 3.8) is 0 Å². The standard InChI is InChI=1S/C21H28F3N5O4S/c1-14(2)12-29-18(25)15(19(30)26(3)20(29)31)13-27-8-10-28(11-9-27)34(32,33)17-7-5-4-6-16(17)21(22,23)24/h4-7,14H,8-13,25H2,1-3H3. The Morgan fingerprint density at radius 2 is 1.65 bits per heavy atom. The molecule has 1 aromatic heterocycles. The minimum atomic E-state index is -4.80. The van der Waals surface area contributed by atoms with Gasteiger partial charge in [-0.2, -0.15) is 17.5 Å². The minimum absolute atomic E-state index is 0.0552. The quantitative estimate of drug-likeness (QED) is 0.637. The molecule has 1 aromatic carbocycles. The summed E-state index contributed by atoms with van der Waals surface area (Å²) in [5.41, 5.74) is 4.13. The fourth-order valence-electron chi connectivity index (χ4n) is 3.95. The zero-order valence-corrected chi connectivity index (χ0v) is 20.0. The fraction of sp³-hybridized carbons (Fsp3) is 0.524. The molecule has 0 atom stereocenters. The Morgan fingerprint density at radius 3 is 2.21 bits per heavy atom. The second-order valence-electron chi connectivity index (χ2n) is 8.69. The smallest absolute Gasteiger partial charge is 0.385 e. The maximum Gasteiger partial charge on any atom is 0.417 e. The van der Waals surface area contributed by atoms with Crippen molar-refractivity contribution in [3.05, 3.63) is 56.2 Å². The Hall–Kier alpha value is -2.64. The maximum atomic E-state index is 13.3. The van der Waals surface area contributed by atoms with Gasteiger partial charge in [0.25, 0.3) is 5.56 Å². The molecule has 2 aromatic rings. The van der Waals surface area contributed by atoms with Gasteiger partial charge in [-0.1, -0.05) is 26.0 Å². The van der Waals surface area contributed by atoms with Crippen molar-refractivity contribution in [1.29, 1.82) is 0 Å². The summed E-state index contributed by atoms with van der Waals surface area (Å²) in [6.45, 7) is 4.49. The highest BCUT2D eigenvalue weighted by Gasteiger charge is 2.39. The van der Waals surface area contributed by atoms with Gasteiger partial charge < -0.3 is 5.73 Å². The summed E-state index contributed by atoms with van der Waals surface area (Å²) < 4.78 is 69.3. The number of nitrogens with two attached hydrogens (primary N) is 1. The van der Waals surface area contributed by atoms with Crippen molar-refractivity contribution in [3.8, 4) is 0 Å². The monoisotopic (exact) mass is 503 g/mol. The van der Waals surface area contributed by atoms with Gasteiger partial charge in [0, 0.05) is 46.3 Å². The highest BCUT2D eigenvalue weighted by molar-refractivity contribution is 7.89. The third-order valence-electron chi connectivity index (χ3n) is 5.75. The van der Waals surface area contributed by atoms with E-state index in [0.29, 0.717) is 6.54 Å². The van der Waals surface area contributed by atoms with Gasteiger partial charge >= 0.3 is 11.9 Å². The molecule has 0 bridgehead atoms. The lowest BCUT2D eigenvalue weighted by Gasteiger charge is -2.34. The summed E-state index contributed by atoms with van der Waals surface area (Å²) in [7, 11) is -3.00. The number of halogens is 3. The normalized spacial score (nSPS) is 16.3. The molecule has 0 aliphatic carbocycles. The number of piperazine rings is 1. The van der Waals surface area contributed by atoms with Crippen LogP contribution in [0.15, 0.2) is 38.8 Å². The van der Waals surface area contributed by atoms with E-state index in [1.165, 1.54) is 17.7 Å². The Bertz CT molecular complexity index is 1280. The van der Waals surface area contributed by atoms with E-state index in [2.05, 4.69) is 0 Å². The lowest BCUT2D eigenvalue weighted by Crippen LogP contribution is -2.50. The van der Waals surface area contributed by atoms with Crippen LogP contribution in [-0.2, 0) is 36.3 Å². The molecule has 0 saturated carbocycles. The van der Waals surface area contributed by atoms with Crippen molar-refractivity contribution in [2.45, 2.75) is 38.0 Å². The van der Waals surface area contributed by atoms with Crippen molar-refractivity contribution < 1.29 is 21.6 Å². The lowest BCUT2D eigenvalue weighted by atomic mass is 10.2. The van der Waals surface area contributed by atoms with Crippen LogP contribution in [0.3, 0.4) is 0 Å². The number of hydrogen-bond acceptors (Lipinski definition) is 6. The number of benzene rings is 1. The molecule has 1 aliphatic rings. The number of aromatic nitrogens is 2. The molecule has 13 heteroatoms. The molecule has 0 unspecified atom stereocenters. The van der Waals surface area contributed by atoms with Crippen molar-refractivity contribution in [1.82, 2.24) is 18.3 Å². The molecule has 34 heavy (non-hydrogen) atoms. The first-order chi connectivity index (χ1) is 15.7. The Morgan fingerprint density at radius 1 is 1.06 bits per heavy atom. The number of nitrogens with zero attached hydrogens (tertiary/aromatic N) is 4. The van der Waals surface area contributed by atoms with Crippen LogP contribution in [0.1, 0.15) is 25.0 Å². The Balaban J connectivity index is 1.81. The molecule has 1 aliphatic heterocycles. The van der Waals surface area contributed by atoms with Gasteiger partial charge in [-0.15, -0.1) is 0 Å². The van der Waals surface area contributed by atoms with E-state index in [9.17, 15) is 31.2 Å². The molecule has 0 radical (unpaired) electrons. The van der Waals surface area contributed by atoms with Crippen LogP contribution in [0, 0.1) is 5.92 Å². The van der Waals surface area contributed by atoms with Crippen LogP contribution in [0.5, 0.6) is 0 Å². The van der Waals surface area contributed by atoms with E-state index in [0.717, 1.165) is 27.1 Å². The van der Waals surface area contributed by atoms with Crippen LogP contribution in [0.2, 0.25) is 0 Å². The van der Waals surface area contributed by atoms with Crippen molar-refractivity contribution in [2.24, 2.45) is 13.0 Å². The van der Waals surface area contributed by atoms with Crippen LogP contribution in [0.25, 0.3) is 0 Å². The van der Waals surface area contributed by atoms with E-state index in [1.54, 1.807) is 4.90 Å². The summed E-state index contributed by atoms with van der Waals surface area (Å²) in [6.07, 6.45) is -4.80. The summed E-state index contributed by atoms with van der Waals surface area (Å²) >= 11 is 0. The van der Waals surface area contributed by atoms with E-state index in [1.807, 2.05) is 13.8 Å². The zero-order valence-electron chi connectivity index (χ0n) is 19.2. The Labute approximate surface area is 195 Å². The molecule has 0 spiro atoms. The van der Waals surface area contributed by atoms with E-state index >= 15 is 0 Å². The largest absolute Gasteiger partial charge is 0.417 e. The van der Waals surface area contributed by atoms with Gasteiger partial charge in [0.1, 0.15) is 5.82 Å². The number of anilines is 1. The van der Waals surface area contributed by atoms with Crippen LogP contribution >= 0.6 is 0 Å². The highest BCUT2D eigenvalue weighted by atomic mass is 32.2. The summed E-state index contributed by atoms with van der Waals surface area (Å²) in [5, 5.41) is 0. The summed E-state index contributed by atoms with van der Waals surface area (Å²) in [4.78, 5) is 26.2. The van der Waals surface area contributed by atoms with Crippen molar-refractivity contribution >= 4 is 15.8 Å². The first kappa shape index (κ1) is 26.0. The van der Waals surface area contributed by atoms with Crippen LogP contribution in [-0.4, -0.2) is 52.9 Å². The van der Waals surface area contributed by atoms with Gasteiger partial charge in [-0.05, 0) is 18.1 Å². The maximum absolute atomic E-state index is 13.3. The molecular weight excluding hydrogens is 475 g/mol. The number of alkyl halides is 3. The van der Waals surface area contributed by atoms with E-state index in [4.69, 9.17) is 5.73 Å². The molecule has 0 amide bonds. The SMILES string of the molecule is CC(C)Cn1c(N)c(CN2CCN(S(=O)(=O)c3ccccc3C(F)(F)F)CC2)c(=O)n(C)c1=O. The first-order valence-electron chi connectivity index (χ1n) is 10.7.